The molecule has 138 valence electrons. The highest BCUT2D eigenvalue weighted by atomic mass is 15.4. The summed E-state index contributed by atoms with van der Waals surface area (Å²) in [6, 6.07) is 8.04. The second-order valence-corrected chi connectivity index (χ2v) is 7.92. The fourth-order valence-electron chi connectivity index (χ4n) is 3.45. The van der Waals surface area contributed by atoms with E-state index in [0.29, 0.717) is 11.1 Å². The minimum atomic E-state index is 0.420. The van der Waals surface area contributed by atoms with Gasteiger partial charge in [-0.3, -0.25) is 4.90 Å². The van der Waals surface area contributed by atoms with E-state index in [1.807, 2.05) is 30.5 Å². The first kappa shape index (κ1) is 18.2. The molecule has 2 heterocycles. The van der Waals surface area contributed by atoms with Crippen LogP contribution in [-0.2, 0) is 0 Å². The summed E-state index contributed by atoms with van der Waals surface area (Å²) in [4.78, 5) is 6.86. The third kappa shape index (κ3) is 4.33. The van der Waals surface area contributed by atoms with Crippen LogP contribution < -0.4 is 16.9 Å². The second-order valence-electron chi connectivity index (χ2n) is 7.92. The van der Waals surface area contributed by atoms with Crippen molar-refractivity contribution in [2.75, 3.05) is 32.0 Å². The van der Waals surface area contributed by atoms with Crippen molar-refractivity contribution in [1.82, 2.24) is 14.9 Å². The van der Waals surface area contributed by atoms with Crippen molar-refractivity contribution in [2.24, 2.45) is 17.0 Å². The Labute approximate surface area is 155 Å². The van der Waals surface area contributed by atoms with E-state index in [9.17, 15) is 0 Å². The van der Waals surface area contributed by atoms with Crippen LogP contribution >= 0.6 is 0 Å². The Morgan fingerprint density at radius 2 is 2.08 bits per heavy atom. The number of fused-ring (bicyclic) bond motifs is 1. The van der Waals surface area contributed by atoms with Crippen LogP contribution in [0.3, 0.4) is 0 Å². The number of nitrogens with zero attached hydrogens (tertiary/aromatic N) is 3. The molecule has 3 rings (SSSR count). The summed E-state index contributed by atoms with van der Waals surface area (Å²) in [7, 11) is 1.74. The van der Waals surface area contributed by atoms with E-state index in [2.05, 4.69) is 35.6 Å². The molecule has 5 N–H and O–H groups in total. The molecule has 6 nitrogen and oxygen atoms in total. The molecule has 1 saturated heterocycles. The zero-order chi connectivity index (χ0) is 18.9. The Hall–Kier alpha value is -2.57. The van der Waals surface area contributed by atoms with E-state index < -0.39 is 0 Å². The summed E-state index contributed by atoms with van der Waals surface area (Å²) >= 11 is 0. The van der Waals surface area contributed by atoms with Crippen LogP contribution in [0.5, 0.6) is 0 Å². The van der Waals surface area contributed by atoms with Gasteiger partial charge in [0.2, 0.25) is 0 Å². The lowest BCUT2D eigenvalue weighted by molar-refractivity contribution is 0.0404. The molecule has 0 amide bonds. The van der Waals surface area contributed by atoms with E-state index in [4.69, 9.17) is 11.6 Å². The van der Waals surface area contributed by atoms with Gasteiger partial charge in [0.1, 0.15) is 5.82 Å². The van der Waals surface area contributed by atoms with Crippen molar-refractivity contribution in [1.29, 1.82) is 0 Å². The van der Waals surface area contributed by atoms with E-state index in [1.54, 1.807) is 13.2 Å². The van der Waals surface area contributed by atoms with Gasteiger partial charge in [0, 0.05) is 50.2 Å². The monoisotopic (exact) mass is 352 g/mol. The van der Waals surface area contributed by atoms with Gasteiger partial charge in [-0.15, -0.1) is 0 Å². The maximum atomic E-state index is 6.09. The van der Waals surface area contributed by atoms with Crippen molar-refractivity contribution < 1.29 is 0 Å². The van der Waals surface area contributed by atoms with Crippen LogP contribution in [0.1, 0.15) is 19.4 Å². The van der Waals surface area contributed by atoms with Crippen LogP contribution in [-0.4, -0.2) is 41.6 Å². The van der Waals surface area contributed by atoms with Crippen molar-refractivity contribution in [2.45, 2.75) is 13.8 Å². The van der Waals surface area contributed by atoms with Gasteiger partial charge in [-0.05, 0) is 28.5 Å². The topological polar surface area (TPSA) is 83.4 Å². The number of benzene rings is 1. The van der Waals surface area contributed by atoms with Gasteiger partial charge >= 0.3 is 0 Å². The Morgan fingerprint density at radius 1 is 1.35 bits per heavy atom. The predicted octanol–water partition coefficient (Wildman–Crippen LogP) is 2.56. The maximum absolute atomic E-state index is 6.09. The van der Waals surface area contributed by atoms with Gasteiger partial charge in [-0.2, -0.15) is 0 Å². The SMILES string of the molecule is C=C(CN1CC(C)(C)C1)Nc1cc2cc(/C(N)=C/N(C)N)ccc2cn1. The number of hydrogen-bond donors (Lipinski definition) is 3. The molecule has 2 aromatic rings. The van der Waals surface area contributed by atoms with E-state index in [-0.39, 0.29) is 0 Å². The fraction of sp³-hybridized carbons (Fsp3) is 0.350. The number of anilines is 1. The Balaban J connectivity index is 1.72. The van der Waals surface area contributed by atoms with Gasteiger partial charge in [0.15, 0.2) is 0 Å². The predicted molar refractivity (Wildman–Crippen MR) is 109 cm³/mol. The van der Waals surface area contributed by atoms with Crippen LogP contribution in [0.15, 0.2) is 48.9 Å². The molecule has 1 aromatic heterocycles. The number of nitrogens with one attached hydrogen (secondary N) is 1. The summed E-state index contributed by atoms with van der Waals surface area (Å²) in [6.45, 7) is 11.7. The molecule has 0 bridgehead atoms. The summed E-state index contributed by atoms with van der Waals surface area (Å²) in [5.41, 5.74) is 9.01. The summed E-state index contributed by atoms with van der Waals surface area (Å²) in [5, 5.41) is 6.89. The summed E-state index contributed by atoms with van der Waals surface area (Å²) in [6.07, 6.45) is 3.55. The van der Waals surface area contributed by atoms with Gasteiger partial charge in [0.25, 0.3) is 0 Å². The van der Waals surface area contributed by atoms with Gasteiger partial charge < -0.3 is 16.1 Å². The highest BCUT2D eigenvalue weighted by Gasteiger charge is 2.33. The minimum absolute atomic E-state index is 0.420. The number of pyridine rings is 1. The molecule has 1 fully saturated rings. The van der Waals surface area contributed by atoms with Crippen molar-refractivity contribution in [3.8, 4) is 0 Å². The fourth-order valence-corrected chi connectivity index (χ4v) is 3.45. The first-order chi connectivity index (χ1) is 12.2. The highest BCUT2D eigenvalue weighted by molar-refractivity contribution is 5.87. The van der Waals surface area contributed by atoms with Crippen molar-refractivity contribution >= 4 is 22.3 Å². The first-order valence-corrected chi connectivity index (χ1v) is 8.74. The lowest BCUT2D eigenvalue weighted by Gasteiger charge is -2.46. The molecule has 0 aliphatic carbocycles. The lowest BCUT2D eigenvalue weighted by atomic mass is 9.84. The zero-order valence-electron chi connectivity index (χ0n) is 15.8. The van der Waals surface area contributed by atoms with Gasteiger partial charge in [-0.25, -0.2) is 10.8 Å². The third-order valence-electron chi connectivity index (χ3n) is 4.42. The highest BCUT2D eigenvalue weighted by Crippen LogP contribution is 2.29. The Kier molecular flexibility index (Phi) is 4.89. The molecule has 0 atom stereocenters. The van der Waals surface area contributed by atoms with Gasteiger partial charge in [0.05, 0.1) is 5.70 Å². The molecule has 0 spiro atoms. The number of hydrazine groups is 1. The minimum Gasteiger partial charge on any atom is -0.397 e. The molecule has 26 heavy (non-hydrogen) atoms. The van der Waals surface area contributed by atoms with Crippen molar-refractivity contribution in [3.63, 3.8) is 0 Å². The van der Waals surface area contributed by atoms with E-state index in [0.717, 1.165) is 47.5 Å². The molecule has 0 saturated carbocycles. The molecule has 0 unspecified atom stereocenters. The quantitative estimate of drug-likeness (QED) is 0.547. The first-order valence-electron chi connectivity index (χ1n) is 8.74. The number of rotatable bonds is 6. The van der Waals surface area contributed by atoms with Crippen molar-refractivity contribution in [3.05, 3.63) is 54.5 Å². The molecular formula is C20H28N6. The summed E-state index contributed by atoms with van der Waals surface area (Å²) < 4.78 is 0. The van der Waals surface area contributed by atoms with E-state index >= 15 is 0 Å². The standard InChI is InChI=1S/C20H28N6/c1-14(10-26-12-20(2,3)13-26)24-19-8-17-7-15(18(21)11-25(4)22)5-6-16(17)9-23-19/h5-9,11H,1,10,12-13,21-22H2,2-4H3,(H,23,24)/b18-11-. The van der Waals surface area contributed by atoms with Crippen LogP contribution in [0.4, 0.5) is 5.82 Å². The van der Waals surface area contributed by atoms with E-state index in [1.165, 1.54) is 5.01 Å². The molecule has 1 aromatic carbocycles. The third-order valence-corrected chi connectivity index (χ3v) is 4.42. The second kappa shape index (κ2) is 6.97. The molecule has 1 aliphatic rings. The molecule has 0 radical (unpaired) electrons. The Bertz CT molecular complexity index is 845. The van der Waals surface area contributed by atoms with Gasteiger partial charge in [-0.1, -0.05) is 32.6 Å². The zero-order valence-corrected chi connectivity index (χ0v) is 15.8. The number of hydrogen-bond acceptors (Lipinski definition) is 6. The van der Waals surface area contributed by atoms with Crippen LogP contribution in [0.25, 0.3) is 16.5 Å². The van der Waals surface area contributed by atoms with Crippen LogP contribution in [0.2, 0.25) is 0 Å². The number of likely N-dealkylation sites (tertiary alicyclic amines) is 1. The largest absolute Gasteiger partial charge is 0.397 e. The number of nitrogens with two attached hydrogens (primary N) is 2. The number of aromatic nitrogens is 1. The molecular weight excluding hydrogens is 324 g/mol. The average molecular weight is 352 g/mol. The van der Waals surface area contributed by atoms with Crippen LogP contribution in [0, 0.1) is 5.41 Å². The Morgan fingerprint density at radius 3 is 2.73 bits per heavy atom. The molecule has 1 aliphatic heterocycles. The summed E-state index contributed by atoms with van der Waals surface area (Å²) in [5.74, 6) is 6.43. The maximum Gasteiger partial charge on any atom is 0.130 e. The average Bonchev–Trinajstić information content (AvgIpc) is 2.51. The smallest absolute Gasteiger partial charge is 0.130 e. The molecule has 6 heteroatoms. The normalized spacial score (nSPS) is 17.0. The lowest BCUT2D eigenvalue weighted by Crippen LogP contribution is -2.53.